The van der Waals surface area contributed by atoms with E-state index in [1.54, 1.807) is 6.20 Å². The van der Waals surface area contributed by atoms with E-state index in [9.17, 15) is 0 Å². The first-order valence-corrected chi connectivity index (χ1v) is 6.92. The molecular formula is C15H14N2S. The van der Waals surface area contributed by atoms with Gasteiger partial charge in [-0.3, -0.25) is 0 Å². The number of benzene rings is 1. The summed E-state index contributed by atoms with van der Waals surface area (Å²) >= 11 is 1.85. The molecule has 2 aromatic rings. The van der Waals surface area contributed by atoms with Gasteiger partial charge >= 0.3 is 0 Å². The maximum absolute atomic E-state index is 8.78. The maximum Gasteiger partial charge on any atom is 0.140 e. The topological polar surface area (TPSA) is 36.7 Å². The van der Waals surface area contributed by atoms with Gasteiger partial charge in [0.05, 0.1) is 0 Å². The van der Waals surface area contributed by atoms with E-state index in [4.69, 9.17) is 5.26 Å². The number of hydrogen-bond acceptors (Lipinski definition) is 3. The number of rotatable bonds is 4. The highest BCUT2D eigenvalue weighted by molar-refractivity contribution is 7.97. The molecule has 1 heterocycles. The molecule has 90 valence electrons. The van der Waals surface area contributed by atoms with Crippen LogP contribution in [0.4, 0.5) is 0 Å². The number of pyridine rings is 1. The van der Waals surface area contributed by atoms with Crippen molar-refractivity contribution in [2.75, 3.05) is 0 Å². The molecule has 0 unspecified atom stereocenters. The summed E-state index contributed by atoms with van der Waals surface area (Å²) in [6.45, 7) is 2.11. The quantitative estimate of drug-likeness (QED) is 0.834. The Kier molecular flexibility index (Phi) is 4.38. The maximum atomic E-state index is 8.78. The summed E-state index contributed by atoms with van der Waals surface area (Å²) in [6, 6.07) is 14.4. The van der Waals surface area contributed by atoms with Gasteiger partial charge in [0.25, 0.3) is 0 Å². The Balaban J connectivity index is 1.90. The summed E-state index contributed by atoms with van der Waals surface area (Å²) in [5.41, 5.74) is 4.28. The summed E-state index contributed by atoms with van der Waals surface area (Å²) in [5.74, 6) is 1.90. The van der Waals surface area contributed by atoms with Crippen LogP contribution in [0.5, 0.6) is 0 Å². The number of hydrogen-bond donors (Lipinski definition) is 0. The molecule has 0 radical (unpaired) electrons. The number of aryl methyl sites for hydroxylation is 1. The van der Waals surface area contributed by atoms with Gasteiger partial charge in [-0.1, -0.05) is 29.8 Å². The standard InChI is InChI=1S/C15H14N2S/c1-12-3-2-4-13(7-12)10-18-11-14-5-6-17-15(8-14)9-16/h2-8H,10-11H2,1H3. The minimum Gasteiger partial charge on any atom is -0.246 e. The van der Waals surface area contributed by atoms with Crippen molar-refractivity contribution in [2.24, 2.45) is 0 Å². The first kappa shape index (κ1) is 12.7. The van der Waals surface area contributed by atoms with Gasteiger partial charge in [-0.05, 0) is 30.2 Å². The van der Waals surface area contributed by atoms with E-state index in [1.807, 2.05) is 23.9 Å². The molecule has 0 aliphatic carbocycles. The molecule has 0 saturated carbocycles. The summed E-state index contributed by atoms with van der Waals surface area (Å²) in [7, 11) is 0. The molecule has 0 saturated heterocycles. The van der Waals surface area contributed by atoms with E-state index in [0.29, 0.717) is 5.69 Å². The molecule has 0 atom stereocenters. The van der Waals surface area contributed by atoms with Gasteiger partial charge in [-0.15, -0.1) is 0 Å². The molecule has 18 heavy (non-hydrogen) atoms. The number of aromatic nitrogens is 1. The third-order valence-corrected chi connectivity index (χ3v) is 3.63. The fourth-order valence-corrected chi connectivity index (χ4v) is 2.65. The first-order chi connectivity index (χ1) is 8.78. The third kappa shape index (κ3) is 3.61. The van der Waals surface area contributed by atoms with Crippen LogP contribution in [0.1, 0.15) is 22.4 Å². The van der Waals surface area contributed by atoms with E-state index in [-0.39, 0.29) is 0 Å². The van der Waals surface area contributed by atoms with Crippen molar-refractivity contribution in [3.05, 3.63) is 65.0 Å². The van der Waals surface area contributed by atoms with Gasteiger partial charge in [0, 0.05) is 17.7 Å². The average molecular weight is 254 g/mol. The summed E-state index contributed by atoms with van der Waals surface area (Å²) in [5, 5.41) is 8.78. The van der Waals surface area contributed by atoms with E-state index >= 15 is 0 Å². The van der Waals surface area contributed by atoms with Crippen molar-refractivity contribution < 1.29 is 0 Å². The zero-order chi connectivity index (χ0) is 12.8. The highest BCUT2D eigenvalue weighted by Crippen LogP contribution is 2.18. The van der Waals surface area contributed by atoms with Crippen LogP contribution in [0.3, 0.4) is 0 Å². The monoisotopic (exact) mass is 254 g/mol. The van der Waals surface area contributed by atoms with Crippen LogP contribution in [0, 0.1) is 18.3 Å². The Bertz CT molecular complexity index is 573. The van der Waals surface area contributed by atoms with Crippen molar-refractivity contribution in [1.29, 1.82) is 5.26 Å². The molecule has 0 fully saturated rings. The Morgan fingerprint density at radius 1 is 1.17 bits per heavy atom. The van der Waals surface area contributed by atoms with Gasteiger partial charge in [-0.2, -0.15) is 17.0 Å². The largest absolute Gasteiger partial charge is 0.246 e. The molecule has 0 amide bonds. The van der Waals surface area contributed by atoms with Gasteiger partial charge < -0.3 is 0 Å². The molecule has 0 N–H and O–H groups in total. The normalized spacial score (nSPS) is 10.0. The lowest BCUT2D eigenvalue weighted by molar-refractivity contribution is 1.22. The predicted octanol–water partition coefficient (Wildman–Crippen LogP) is 3.70. The Labute approximate surface area is 112 Å². The minimum atomic E-state index is 0.489. The molecule has 0 aliphatic heterocycles. The number of thioether (sulfide) groups is 1. The summed E-state index contributed by atoms with van der Waals surface area (Å²) in [6.07, 6.45) is 1.70. The van der Waals surface area contributed by atoms with Crippen molar-refractivity contribution in [3.8, 4) is 6.07 Å². The Hall–Kier alpha value is -1.79. The van der Waals surface area contributed by atoms with Gasteiger partial charge in [-0.25, -0.2) is 4.98 Å². The summed E-state index contributed by atoms with van der Waals surface area (Å²) in [4.78, 5) is 3.97. The SMILES string of the molecule is Cc1cccc(CSCc2ccnc(C#N)c2)c1. The van der Waals surface area contributed by atoms with Gasteiger partial charge in [0.15, 0.2) is 0 Å². The molecule has 2 rings (SSSR count). The smallest absolute Gasteiger partial charge is 0.140 e. The van der Waals surface area contributed by atoms with Crippen LogP contribution in [0.25, 0.3) is 0 Å². The Morgan fingerprint density at radius 3 is 2.67 bits per heavy atom. The van der Waals surface area contributed by atoms with Crippen LogP contribution >= 0.6 is 11.8 Å². The summed E-state index contributed by atoms with van der Waals surface area (Å²) < 4.78 is 0. The Morgan fingerprint density at radius 2 is 1.94 bits per heavy atom. The first-order valence-electron chi connectivity index (χ1n) is 5.76. The highest BCUT2D eigenvalue weighted by Gasteiger charge is 1.98. The lowest BCUT2D eigenvalue weighted by Crippen LogP contribution is -1.87. The average Bonchev–Trinajstić information content (AvgIpc) is 2.39. The van der Waals surface area contributed by atoms with Crippen molar-refractivity contribution >= 4 is 11.8 Å². The zero-order valence-corrected chi connectivity index (χ0v) is 11.1. The van der Waals surface area contributed by atoms with Crippen LogP contribution < -0.4 is 0 Å². The molecule has 3 heteroatoms. The van der Waals surface area contributed by atoms with E-state index in [2.05, 4.69) is 42.2 Å². The lowest BCUT2D eigenvalue weighted by atomic mass is 10.2. The molecule has 0 bridgehead atoms. The van der Waals surface area contributed by atoms with Crippen LogP contribution in [-0.2, 0) is 11.5 Å². The lowest BCUT2D eigenvalue weighted by Gasteiger charge is -2.03. The number of nitrogens with zero attached hydrogens (tertiary/aromatic N) is 2. The fraction of sp³-hybridized carbons (Fsp3) is 0.200. The fourth-order valence-electron chi connectivity index (χ4n) is 1.71. The van der Waals surface area contributed by atoms with E-state index < -0.39 is 0 Å². The molecule has 1 aromatic heterocycles. The molecule has 1 aromatic carbocycles. The second kappa shape index (κ2) is 6.23. The second-order valence-electron chi connectivity index (χ2n) is 4.14. The molecule has 2 nitrogen and oxygen atoms in total. The van der Waals surface area contributed by atoms with E-state index in [1.165, 1.54) is 11.1 Å². The number of nitriles is 1. The highest BCUT2D eigenvalue weighted by atomic mass is 32.2. The second-order valence-corrected chi connectivity index (χ2v) is 5.13. The predicted molar refractivity (Wildman–Crippen MR) is 75.1 cm³/mol. The van der Waals surface area contributed by atoms with E-state index in [0.717, 1.165) is 17.1 Å². The van der Waals surface area contributed by atoms with Crippen molar-refractivity contribution in [3.63, 3.8) is 0 Å². The van der Waals surface area contributed by atoms with Crippen molar-refractivity contribution in [1.82, 2.24) is 4.98 Å². The molecule has 0 spiro atoms. The van der Waals surface area contributed by atoms with Crippen molar-refractivity contribution in [2.45, 2.75) is 18.4 Å². The molecular weight excluding hydrogens is 240 g/mol. The third-order valence-electron chi connectivity index (χ3n) is 2.56. The van der Waals surface area contributed by atoms with Crippen LogP contribution in [-0.4, -0.2) is 4.98 Å². The zero-order valence-electron chi connectivity index (χ0n) is 10.3. The van der Waals surface area contributed by atoms with Crippen LogP contribution in [0.15, 0.2) is 42.6 Å². The molecule has 0 aliphatic rings. The van der Waals surface area contributed by atoms with Crippen LogP contribution in [0.2, 0.25) is 0 Å². The van der Waals surface area contributed by atoms with Gasteiger partial charge in [0.1, 0.15) is 11.8 Å². The minimum absolute atomic E-state index is 0.489. The van der Waals surface area contributed by atoms with Gasteiger partial charge in [0.2, 0.25) is 0 Å².